The SMILES string of the molecule is CCNCCCCS(=O)(=O)NC1CCC(C)C1. The first-order chi connectivity index (χ1) is 8.03. The molecule has 4 nitrogen and oxygen atoms in total. The Morgan fingerprint density at radius 1 is 1.24 bits per heavy atom. The van der Waals surface area contributed by atoms with Gasteiger partial charge < -0.3 is 5.32 Å². The molecule has 0 heterocycles. The lowest BCUT2D eigenvalue weighted by Gasteiger charge is -2.12. The van der Waals surface area contributed by atoms with Gasteiger partial charge in [0.1, 0.15) is 0 Å². The van der Waals surface area contributed by atoms with Crippen molar-refractivity contribution in [2.75, 3.05) is 18.8 Å². The third kappa shape index (κ3) is 6.38. The molecule has 0 spiro atoms. The number of unbranched alkanes of at least 4 members (excludes halogenated alkanes) is 1. The zero-order valence-electron chi connectivity index (χ0n) is 11.0. The van der Waals surface area contributed by atoms with Gasteiger partial charge in [-0.2, -0.15) is 0 Å². The molecular formula is C12H26N2O2S. The first-order valence-corrected chi connectivity index (χ1v) is 8.39. The van der Waals surface area contributed by atoms with Crippen molar-refractivity contribution in [2.45, 2.75) is 52.0 Å². The minimum absolute atomic E-state index is 0.184. The van der Waals surface area contributed by atoms with Crippen molar-refractivity contribution in [3.05, 3.63) is 0 Å². The van der Waals surface area contributed by atoms with Crippen LogP contribution in [0.5, 0.6) is 0 Å². The third-order valence-corrected chi connectivity index (χ3v) is 4.83. The van der Waals surface area contributed by atoms with Gasteiger partial charge in [0.05, 0.1) is 5.75 Å². The van der Waals surface area contributed by atoms with E-state index in [4.69, 9.17) is 0 Å². The van der Waals surface area contributed by atoms with Crippen LogP contribution in [0.4, 0.5) is 0 Å². The van der Waals surface area contributed by atoms with Crippen molar-refractivity contribution in [1.29, 1.82) is 0 Å². The molecule has 0 aliphatic heterocycles. The van der Waals surface area contributed by atoms with Gasteiger partial charge in [-0.1, -0.05) is 13.8 Å². The van der Waals surface area contributed by atoms with Gasteiger partial charge in [-0.25, -0.2) is 13.1 Å². The maximum atomic E-state index is 11.8. The summed E-state index contributed by atoms with van der Waals surface area (Å²) in [5.74, 6) is 0.931. The molecule has 1 aliphatic carbocycles. The number of rotatable bonds is 8. The Morgan fingerprint density at radius 3 is 2.59 bits per heavy atom. The van der Waals surface area contributed by atoms with E-state index in [2.05, 4.69) is 23.9 Å². The quantitative estimate of drug-likeness (QED) is 0.652. The summed E-state index contributed by atoms with van der Waals surface area (Å²) < 4.78 is 26.4. The summed E-state index contributed by atoms with van der Waals surface area (Å²) in [7, 11) is -3.05. The maximum Gasteiger partial charge on any atom is 0.211 e. The van der Waals surface area contributed by atoms with Gasteiger partial charge in [0.2, 0.25) is 10.0 Å². The molecule has 0 aromatic carbocycles. The van der Waals surface area contributed by atoms with E-state index in [0.29, 0.717) is 5.92 Å². The van der Waals surface area contributed by atoms with Gasteiger partial charge >= 0.3 is 0 Å². The topological polar surface area (TPSA) is 58.2 Å². The Morgan fingerprint density at radius 2 is 2.00 bits per heavy atom. The molecule has 0 aromatic heterocycles. The zero-order valence-corrected chi connectivity index (χ0v) is 11.9. The van der Waals surface area contributed by atoms with E-state index in [1.807, 2.05) is 0 Å². The van der Waals surface area contributed by atoms with Crippen molar-refractivity contribution >= 4 is 10.0 Å². The molecule has 0 bridgehead atoms. The maximum absolute atomic E-state index is 11.8. The second-order valence-corrected chi connectivity index (χ2v) is 6.99. The fourth-order valence-corrected chi connectivity index (χ4v) is 3.77. The molecule has 17 heavy (non-hydrogen) atoms. The Kier molecular flexibility index (Phi) is 6.44. The Bertz CT molecular complexity index is 304. The van der Waals surface area contributed by atoms with Gasteiger partial charge in [-0.05, 0) is 51.1 Å². The average Bonchev–Trinajstić information content (AvgIpc) is 2.62. The van der Waals surface area contributed by atoms with Crippen LogP contribution in [0.15, 0.2) is 0 Å². The van der Waals surface area contributed by atoms with Crippen LogP contribution in [-0.4, -0.2) is 33.3 Å². The summed E-state index contributed by atoms with van der Waals surface area (Å²) in [6.07, 6.45) is 4.81. The summed E-state index contributed by atoms with van der Waals surface area (Å²) in [6, 6.07) is 0.184. The van der Waals surface area contributed by atoms with E-state index in [9.17, 15) is 8.42 Å². The van der Waals surface area contributed by atoms with Crippen molar-refractivity contribution < 1.29 is 8.42 Å². The fourth-order valence-electron chi connectivity index (χ4n) is 2.35. The molecule has 102 valence electrons. The first-order valence-electron chi connectivity index (χ1n) is 6.74. The highest BCUT2D eigenvalue weighted by molar-refractivity contribution is 7.89. The summed E-state index contributed by atoms with van der Waals surface area (Å²) in [4.78, 5) is 0. The van der Waals surface area contributed by atoms with Crippen molar-refractivity contribution in [3.63, 3.8) is 0 Å². The Hall–Kier alpha value is -0.130. The zero-order chi connectivity index (χ0) is 12.7. The van der Waals surface area contributed by atoms with E-state index in [0.717, 1.165) is 45.2 Å². The van der Waals surface area contributed by atoms with E-state index in [1.165, 1.54) is 0 Å². The molecule has 0 radical (unpaired) electrons. The van der Waals surface area contributed by atoms with Crippen LogP contribution >= 0.6 is 0 Å². The largest absolute Gasteiger partial charge is 0.317 e. The van der Waals surface area contributed by atoms with Crippen molar-refractivity contribution in [3.8, 4) is 0 Å². The van der Waals surface area contributed by atoms with Crippen LogP contribution < -0.4 is 10.0 Å². The molecule has 1 fully saturated rings. The standard InChI is InChI=1S/C12H26N2O2S/c1-3-13-8-4-5-9-17(15,16)14-12-7-6-11(2)10-12/h11-14H,3-10H2,1-2H3. The third-order valence-electron chi connectivity index (χ3n) is 3.31. The average molecular weight is 262 g/mol. The molecular weight excluding hydrogens is 236 g/mol. The highest BCUT2D eigenvalue weighted by atomic mass is 32.2. The van der Waals surface area contributed by atoms with E-state index in [-0.39, 0.29) is 11.8 Å². The molecule has 0 aromatic rings. The number of hydrogen-bond donors (Lipinski definition) is 2. The van der Waals surface area contributed by atoms with Crippen LogP contribution in [0.25, 0.3) is 0 Å². The second kappa shape index (κ2) is 7.34. The highest BCUT2D eigenvalue weighted by Crippen LogP contribution is 2.25. The molecule has 1 aliphatic rings. The van der Waals surface area contributed by atoms with Crippen molar-refractivity contribution in [2.24, 2.45) is 5.92 Å². The van der Waals surface area contributed by atoms with Gasteiger partial charge in [-0.15, -0.1) is 0 Å². The molecule has 0 saturated heterocycles. The second-order valence-electron chi connectivity index (χ2n) is 5.11. The van der Waals surface area contributed by atoms with Gasteiger partial charge in [0.25, 0.3) is 0 Å². The summed E-state index contributed by atoms with van der Waals surface area (Å²) in [5, 5.41) is 3.20. The van der Waals surface area contributed by atoms with Crippen molar-refractivity contribution in [1.82, 2.24) is 10.0 Å². The van der Waals surface area contributed by atoms with Gasteiger partial charge in [0, 0.05) is 6.04 Å². The molecule has 2 N–H and O–H groups in total. The first kappa shape index (κ1) is 14.9. The van der Waals surface area contributed by atoms with E-state index < -0.39 is 10.0 Å². The van der Waals surface area contributed by atoms with Crippen LogP contribution in [-0.2, 0) is 10.0 Å². The number of nitrogens with one attached hydrogen (secondary N) is 2. The molecule has 5 heteroatoms. The monoisotopic (exact) mass is 262 g/mol. The van der Waals surface area contributed by atoms with Crippen LogP contribution in [0.3, 0.4) is 0 Å². The Balaban J connectivity index is 2.17. The Labute approximate surface area is 106 Å². The summed E-state index contributed by atoms with van der Waals surface area (Å²) in [6.45, 7) is 6.10. The predicted molar refractivity (Wildman–Crippen MR) is 71.5 cm³/mol. The predicted octanol–water partition coefficient (Wildman–Crippen LogP) is 1.48. The van der Waals surface area contributed by atoms with E-state index in [1.54, 1.807) is 0 Å². The molecule has 2 unspecified atom stereocenters. The normalized spacial score (nSPS) is 25.3. The lowest BCUT2D eigenvalue weighted by Crippen LogP contribution is -2.34. The fraction of sp³-hybridized carbons (Fsp3) is 1.00. The molecule has 0 amide bonds. The molecule has 1 rings (SSSR count). The van der Waals surface area contributed by atoms with E-state index >= 15 is 0 Å². The van der Waals surface area contributed by atoms with Gasteiger partial charge in [-0.3, -0.25) is 0 Å². The minimum Gasteiger partial charge on any atom is -0.317 e. The highest BCUT2D eigenvalue weighted by Gasteiger charge is 2.24. The molecule has 1 saturated carbocycles. The van der Waals surface area contributed by atoms with Crippen LogP contribution in [0.2, 0.25) is 0 Å². The number of hydrogen-bond acceptors (Lipinski definition) is 3. The smallest absolute Gasteiger partial charge is 0.211 e. The van der Waals surface area contributed by atoms with Crippen LogP contribution in [0, 0.1) is 5.92 Å². The minimum atomic E-state index is -3.05. The summed E-state index contributed by atoms with van der Waals surface area (Å²) >= 11 is 0. The molecule has 2 atom stereocenters. The lowest BCUT2D eigenvalue weighted by atomic mass is 10.1. The number of sulfonamides is 1. The lowest BCUT2D eigenvalue weighted by molar-refractivity contribution is 0.535. The van der Waals surface area contributed by atoms with Crippen LogP contribution in [0.1, 0.15) is 46.0 Å². The van der Waals surface area contributed by atoms with Gasteiger partial charge in [0.15, 0.2) is 0 Å². The summed E-state index contributed by atoms with van der Waals surface area (Å²) in [5.41, 5.74) is 0.